The highest BCUT2D eigenvalue weighted by Gasteiger charge is 2.48. The van der Waals surface area contributed by atoms with E-state index in [4.69, 9.17) is 9.47 Å². The van der Waals surface area contributed by atoms with E-state index in [1.165, 1.54) is 263 Å². The molecule has 76 heavy (non-hydrogen) atoms. The third kappa shape index (κ3) is 44.6. The van der Waals surface area contributed by atoms with Crippen molar-refractivity contribution in [1.29, 1.82) is 0 Å². The lowest BCUT2D eigenvalue weighted by molar-refractivity contribution is -0.298. The topological polar surface area (TPSA) is 192 Å². The fourth-order valence-electron chi connectivity index (χ4n) is 10.8. The number of nitrogens with one attached hydrogen (secondary N) is 1. The molecule has 6 N–H and O–H groups in total. The quantitative estimate of drug-likeness (QED) is 0.0193. The summed E-state index contributed by atoms with van der Waals surface area (Å²) in [5, 5.41) is 45.1. The van der Waals surface area contributed by atoms with Gasteiger partial charge in [-0.3, -0.25) is 9.35 Å². The van der Waals surface area contributed by atoms with Crippen molar-refractivity contribution >= 4 is 16.3 Å². The van der Waals surface area contributed by atoms with Crippen LogP contribution in [0.2, 0.25) is 0 Å². The van der Waals surface area contributed by atoms with Crippen LogP contribution >= 0.6 is 0 Å². The van der Waals surface area contributed by atoms with Gasteiger partial charge >= 0.3 is 10.4 Å². The van der Waals surface area contributed by atoms with Crippen LogP contribution in [0.25, 0.3) is 0 Å². The molecule has 0 aliphatic carbocycles. The predicted octanol–water partition coefficient (Wildman–Crippen LogP) is 16.2. The van der Waals surface area contributed by atoms with Gasteiger partial charge in [-0.15, -0.1) is 0 Å². The van der Waals surface area contributed by atoms with E-state index >= 15 is 0 Å². The van der Waals surface area contributed by atoms with E-state index in [0.717, 1.165) is 38.5 Å². The van der Waals surface area contributed by atoms with Gasteiger partial charge in [0.2, 0.25) is 5.91 Å². The number of amides is 1. The molecule has 0 aromatic carbocycles. The number of aliphatic hydroxyl groups is 4. The molecule has 0 radical (unpaired) electrons. The summed E-state index contributed by atoms with van der Waals surface area (Å²) in [5.74, 6) is -0.254. The number of unbranched alkanes of at least 4 members (excludes halogenated alkanes) is 46. The minimum Gasteiger partial charge on any atom is -0.394 e. The van der Waals surface area contributed by atoms with Crippen LogP contribution < -0.4 is 5.32 Å². The first kappa shape index (κ1) is 72.9. The second-order valence-corrected chi connectivity index (χ2v) is 24.1. The van der Waals surface area contributed by atoms with E-state index < -0.39 is 59.9 Å². The van der Waals surface area contributed by atoms with Crippen molar-refractivity contribution in [2.75, 3.05) is 13.2 Å². The van der Waals surface area contributed by atoms with Crippen LogP contribution in [0, 0.1) is 0 Å². The molecule has 12 nitrogen and oxygen atoms in total. The molecule has 1 aliphatic heterocycles. The normalized spacial score (nSPS) is 19.0. The maximum atomic E-state index is 13.2. The molecule has 1 rings (SSSR count). The van der Waals surface area contributed by atoms with E-state index in [1.54, 1.807) is 6.08 Å². The molecule has 1 fully saturated rings. The molecule has 7 unspecified atom stereocenters. The molecule has 1 amide bonds. The van der Waals surface area contributed by atoms with Gasteiger partial charge in [-0.05, 0) is 19.3 Å². The highest BCUT2D eigenvalue weighted by atomic mass is 32.3. The minimum absolute atomic E-state index is 0.254. The third-order valence-electron chi connectivity index (χ3n) is 15.8. The first-order chi connectivity index (χ1) is 37.0. The Bertz CT molecular complexity index is 1390. The molecular weight excluding hydrogens is 979 g/mol. The SMILES string of the molecule is CCCCCCCCCCCCCCCCCCCCC/C=C/C(O)C(COC1OC(CO)C(O)C(OS(=O)(=O)O)C1O)NC(=O)CCCCCCCCCCCCCCCCCCCCCCCCCCCCCC. The monoisotopic (exact) mass is 1100 g/mol. The lowest BCUT2D eigenvalue weighted by Gasteiger charge is -2.41. The molecule has 0 saturated carbocycles. The third-order valence-corrected chi connectivity index (χ3v) is 16.3. The summed E-state index contributed by atoms with van der Waals surface area (Å²) in [4.78, 5) is 13.2. The largest absolute Gasteiger partial charge is 0.397 e. The Morgan fingerprint density at radius 2 is 0.829 bits per heavy atom. The van der Waals surface area contributed by atoms with Crippen LogP contribution in [0.5, 0.6) is 0 Å². The van der Waals surface area contributed by atoms with E-state index in [0.29, 0.717) is 6.42 Å². The number of hydrogen-bond acceptors (Lipinski definition) is 10. The Morgan fingerprint density at radius 3 is 1.14 bits per heavy atom. The number of hydrogen-bond donors (Lipinski definition) is 6. The van der Waals surface area contributed by atoms with Gasteiger partial charge in [0.15, 0.2) is 6.29 Å². The Kier molecular flexibility index (Phi) is 51.0. The fraction of sp³-hybridized carbons (Fsp3) is 0.952. The van der Waals surface area contributed by atoms with Crippen molar-refractivity contribution in [3.63, 3.8) is 0 Å². The second kappa shape index (κ2) is 53.2. The zero-order valence-electron chi connectivity index (χ0n) is 49.4. The van der Waals surface area contributed by atoms with E-state index in [9.17, 15) is 38.2 Å². The molecule has 0 bridgehead atoms. The molecule has 7 atom stereocenters. The fourth-order valence-corrected chi connectivity index (χ4v) is 11.3. The van der Waals surface area contributed by atoms with E-state index in [-0.39, 0.29) is 18.9 Å². The molecule has 1 heterocycles. The summed E-state index contributed by atoms with van der Waals surface area (Å²) in [6.45, 7) is 3.46. The number of carbonyl (C=O) groups is 1. The summed E-state index contributed by atoms with van der Waals surface area (Å²) >= 11 is 0. The van der Waals surface area contributed by atoms with Crippen LogP contribution in [-0.2, 0) is 28.9 Å². The highest BCUT2D eigenvalue weighted by Crippen LogP contribution is 2.26. The number of ether oxygens (including phenoxy) is 2. The molecule has 1 saturated heterocycles. The van der Waals surface area contributed by atoms with Crippen molar-refractivity contribution in [2.24, 2.45) is 0 Å². The second-order valence-electron chi connectivity index (χ2n) is 23.1. The number of allylic oxidation sites excluding steroid dienone is 1. The average molecular weight is 1100 g/mol. The summed E-state index contributed by atoms with van der Waals surface area (Å²) in [7, 11) is -5.09. The molecule has 1 aliphatic rings. The van der Waals surface area contributed by atoms with Gasteiger partial charge in [-0.1, -0.05) is 315 Å². The highest BCUT2D eigenvalue weighted by molar-refractivity contribution is 7.80. The predicted molar refractivity (Wildman–Crippen MR) is 315 cm³/mol. The Hall–Kier alpha value is -1.16. The number of rotatable bonds is 58. The zero-order valence-corrected chi connectivity index (χ0v) is 50.2. The molecule has 452 valence electrons. The van der Waals surface area contributed by atoms with Crippen LogP contribution in [0.1, 0.15) is 328 Å². The Labute approximate surface area is 468 Å². The van der Waals surface area contributed by atoms with Crippen molar-refractivity contribution in [3.8, 4) is 0 Å². The van der Waals surface area contributed by atoms with Crippen molar-refractivity contribution < 1.29 is 51.8 Å². The maximum absolute atomic E-state index is 13.2. The average Bonchev–Trinajstić information content (AvgIpc) is 3.40. The molecular formula is C63H123NO11S. The Morgan fingerprint density at radius 1 is 0.513 bits per heavy atom. The number of carbonyl (C=O) groups excluding carboxylic acids is 1. The van der Waals surface area contributed by atoms with Crippen LogP contribution in [0.3, 0.4) is 0 Å². The molecule has 13 heteroatoms. The van der Waals surface area contributed by atoms with Gasteiger partial charge in [0.25, 0.3) is 0 Å². The summed E-state index contributed by atoms with van der Waals surface area (Å²) in [6.07, 6.45) is 57.0. The van der Waals surface area contributed by atoms with E-state index in [1.807, 2.05) is 6.08 Å². The smallest absolute Gasteiger partial charge is 0.394 e. The van der Waals surface area contributed by atoms with Crippen LogP contribution in [0.4, 0.5) is 0 Å². The first-order valence-corrected chi connectivity index (χ1v) is 33.9. The van der Waals surface area contributed by atoms with E-state index in [2.05, 4.69) is 23.3 Å². The maximum Gasteiger partial charge on any atom is 0.397 e. The zero-order chi connectivity index (χ0) is 55.4. The van der Waals surface area contributed by atoms with Gasteiger partial charge in [0.1, 0.15) is 24.4 Å². The van der Waals surface area contributed by atoms with Gasteiger partial charge in [-0.2, -0.15) is 8.42 Å². The summed E-state index contributed by atoms with van der Waals surface area (Å²) in [6, 6.07) is -0.941. The lowest BCUT2D eigenvalue weighted by Crippen LogP contribution is -2.61. The molecule has 0 spiro atoms. The standard InChI is InChI=1S/C63H123NO11S/c1-3-5-7-9-11-13-15-17-19-21-23-25-26-27-28-29-30-31-33-35-37-39-41-43-45-47-49-51-53-59(67)64-56(55-73-63-61(69)62(75-76(70,71)72)60(68)58(54-65)74-63)57(66)52-50-48-46-44-42-40-38-36-34-32-24-22-20-18-16-14-12-10-8-6-4-2/h50,52,56-58,60-63,65-66,68-69H,3-49,51,53-55H2,1-2H3,(H,64,67)(H,70,71,72)/b52-50+. The van der Waals surface area contributed by atoms with Gasteiger partial charge in [0.05, 0.1) is 25.4 Å². The van der Waals surface area contributed by atoms with Crippen LogP contribution in [-0.4, -0.2) is 95.4 Å². The minimum atomic E-state index is -5.09. The number of aliphatic hydroxyl groups excluding tert-OH is 4. The molecule has 0 aromatic heterocycles. The molecule has 0 aromatic rings. The lowest BCUT2D eigenvalue weighted by atomic mass is 9.99. The van der Waals surface area contributed by atoms with Crippen molar-refractivity contribution in [1.82, 2.24) is 5.32 Å². The van der Waals surface area contributed by atoms with Gasteiger partial charge < -0.3 is 35.2 Å². The van der Waals surface area contributed by atoms with Crippen molar-refractivity contribution in [2.45, 2.75) is 371 Å². The van der Waals surface area contributed by atoms with Crippen LogP contribution in [0.15, 0.2) is 12.2 Å². The first-order valence-electron chi connectivity index (χ1n) is 32.6. The summed E-state index contributed by atoms with van der Waals surface area (Å²) < 4.78 is 48.0. The summed E-state index contributed by atoms with van der Waals surface area (Å²) in [5.41, 5.74) is 0. The Balaban J connectivity index is 2.28. The van der Waals surface area contributed by atoms with Gasteiger partial charge in [0, 0.05) is 6.42 Å². The van der Waals surface area contributed by atoms with Gasteiger partial charge in [-0.25, -0.2) is 4.18 Å². The van der Waals surface area contributed by atoms with Crippen molar-refractivity contribution in [3.05, 3.63) is 12.2 Å².